The molecule has 0 radical (unpaired) electrons. The molecule has 0 unspecified atom stereocenters. The second-order valence-electron chi connectivity index (χ2n) is 4.44. The maximum Gasteiger partial charge on any atom is 0.292 e. The molecule has 0 heterocycles. The van der Waals surface area contributed by atoms with Crippen molar-refractivity contribution in [3.05, 3.63) is 63.2 Å². The maximum absolute atomic E-state index is 10.9. The summed E-state index contributed by atoms with van der Waals surface area (Å²) >= 11 is 5.84. The highest BCUT2D eigenvalue weighted by Gasteiger charge is 2.10. The van der Waals surface area contributed by atoms with Crippen molar-refractivity contribution >= 4 is 29.2 Å². The summed E-state index contributed by atoms with van der Waals surface area (Å²) < 4.78 is 0. The van der Waals surface area contributed by atoms with Crippen molar-refractivity contribution in [1.29, 1.82) is 0 Å². The van der Waals surface area contributed by atoms with E-state index in [0.717, 1.165) is 0 Å². The number of aromatic hydroxyl groups is 1. The van der Waals surface area contributed by atoms with E-state index in [1.54, 1.807) is 30.3 Å². The fourth-order valence-electron chi connectivity index (χ4n) is 1.83. The van der Waals surface area contributed by atoms with Gasteiger partial charge in [-0.05, 0) is 24.3 Å². The van der Waals surface area contributed by atoms with E-state index in [0.29, 0.717) is 29.4 Å². The Morgan fingerprint density at radius 2 is 2.09 bits per heavy atom. The van der Waals surface area contributed by atoms with Gasteiger partial charge in [0.1, 0.15) is 11.4 Å². The summed E-state index contributed by atoms with van der Waals surface area (Å²) in [7, 11) is 0. The molecule has 0 aliphatic rings. The number of hydrogen-bond donors (Lipinski definition) is 2. The van der Waals surface area contributed by atoms with E-state index in [1.165, 1.54) is 18.3 Å². The number of phenolic OH excluding ortho intramolecular Hbond substituents is 1. The number of rotatable bonds is 6. The first-order chi connectivity index (χ1) is 10.6. The molecular formula is C15H14ClN3O3. The summed E-state index contributed by atoms with van der Waals surface area (Å²) in [4.78, 5) is 14.6. The van der Waals surface area contributed by atoms with Crippen LogP contribution in [0.3, 0.4) is 0 Å². The Hall–Kier alpha value is -2.60. The van der Waals surface area contributed by atoms with Crippen molar-refractivity contribution in [2.75, 3.05) is 18.4 Å². The summed E-state index contributed by atoms with van der Waals surface area (Å²) in [5, 5.41) is 24.0. The van der Waals surface area contributed by atoms with Crippen molar-refractivity contribution < 1.29 is 10.0 Å². The number of anilines is 1. The van der Waals surface area contributed by atoms with Crippen LogP contribution in [-0.4, -0.2) is 29.3 Å². The van der Waals surface area contributed by atoms with Gasteiger partial charge in [-0.25, -0.2) is 0 Å². The van der Waals surface area contributed by atoms with Crippen LogP contribution in [0, 0.1) is 10.1 Å². The Kier molecular flexibility index (Phi) is 5.32. The molecule has 0 saturated carbocycles. The summed E-state index contributed by atoms with van der Waals surface area (Å²) in [6.45, 7) is 0.834. The van der Waals surface area contributed by atoms with Gasteiger partial charge in [-0.1, -0.05) is 23.7 Å². The minimum absolute atomic E-state index is 0.0268. The number of nitro benzene ring substituents is 1. The monoisotopic (exact) mass is 319 g/mol. The maximum atomic E-state index is 10.9. The fraction of sp³-hybridized carbons (Fsp3) is 0.133. The first-order valence-electron chi connectivity index (χ1n) is 6.53. The Labute approximate surface area is 132 Å². The molecule has 0 aromatic heterocycles. The predicted molar refractivity (Wildman–Crippen MR) is 87.2 cm³/mol. The lowest BCUT2D eigenvalue weighted by Crippen LogP contribution is -2.07. The first kappa shape index (κ1) is 15.8. The third-order valence-electron chi connectivity index (χ3n) is 2.88. The van der Waals surface area contributed by atoms with E-state index in [1.807, 2.05) is 0 Å². The fourth-order valence-corrected chi connectivity index (χ4v) is 2.01. The standard InChI is InChI=1S/C15H14ClN3O3/c16-12-5-6-15(20)11(9-12)10-17-7-8-18-13-3-1-2-4-14(13)19(21)22/h1-6,9-10,18,20H,7-8H2. The number of para-hydroxylation sites is 2. The zero-order valence-electron chi connectivity index (χ0n) is 11.6. The molecule has 2 rings (SSSR count). The Morgan fingerprint density at radius 3 is 2.86 bits per heavy atom. The summed E-state index contributed by atoms with van der Waals surface area (Å²) in [5.41, 5.74) is 1.01. The molecule has 0 atom stereocenters. The molecule has 22 heavy (non-hydrogen) atoms. The van der Waals surface area contributed by atoms with Gasteiger partial charge in [0.05, 0.1) is 11.5 Å². The van der Waals surface area contributed by atoms with Crippen LogP contribution in [0.4, 0.5) is 11.4 Å². The molecule has 2 aromatic carbocycles. The minimum atomic E-state index is -0.435. The first-order valence-corrected chi connectivity index (χ1v) is 6.91. The Bertz CT molecular complexity index is 704. The largest absolute Gasteiger partial charge is 0.507 e. The molecule has 0 saturated heterocycles. The van der Waals surface area contributed by atoms with Gasteiger partial charge in [-0.2, -0.15) is 0 Å². The van der Waals surface area contributed by atoms with Crippen molar-refractivity contribution in [2.45, 2.75) is 0 Å². The topological polar surface area (TPSA) is 87.8 Å². The molecular weight excluding hydrogens is 306 g/mol. The molecule has 6 nitrogen and oxygen atoms in total. The molecule has 0 bridgehead atoms. The second-order valence-corrected chi connectivity index (χ2v) is 4.88. The quantitative estimate of drug-likeness (QED) is 0.369. The van der Waals surface area contributed by atoms with Crippen molar-refractivity contribution in [2.24, 2.45) is 4.99 Å². The van der Waals surface area contributed by atoms with Gasteiger partial charge >= 0.3 is 0 Å². The Balaban J connectivity index is 1.91. The molecule has 0 aliphatic carbocycles. The lowest BCUT2D eigenvalue weighted by molar-refractivity contribution is -0.384. The highest BCUT2D eigenvalue weighted by Crippen LogP contribution is 2.22. The van der Waals surface area contributed by atoms with E-state index < -0.39 is 4.92 Å². The minimum Gasteiger partial charge on any atom is -0.507 e. The van der Waals surface area contributed by atoms with E-state index in [-0.39, 0.29) is 11.4 Å². The SMILES string of the molecule is O=[N+]([O-])c1ccccc1NCCN=Cc1cc(Cl)ccc1O. The Morgan fingerprint density at radius 1 is 1.32 bits per heavy atom. The number of nitrogens with one attached hydrogen (secondary N) is 1. The molecule has 2 aromatic rings. The predicted octanol–water partition coefficient (Wildman–Crippen LogP) is 3.48. The van der Waals surface area contributed by atoms with Crippen LogP contribution >= 0.6 is 11.6 Å². The van der Waals surface area contributed by atoms with Crippen LogP contribution < -0.4 is 5.32 Å². The normalized spacial score (nSPS) is 10.8. The van der Waals surface area contributed by atoms with Crippen molar-refractivity contribution in [3.8, 4) is 5.75 Å². The number of benzene rings is 2. The van der Waals surface area contributed by atoms with Gasteiger partial charge in [0.15, 0.2) is 0 Å². The van der Waals surface area contributed by atoms with E-state index in [2.05, 4.69) is 10.3 Å². The average molecular weight is 320 g/mol. The number of nitro groups is 1. The van der Waals surface area contributed by atoms with E-state index in [9.17, 15) is 15.2 Å². The van der Waals surface area contributed by atoms with E-state index in [4.69, 9.17) is 11.6 Å². The van der Waals surface area contributed by atoms with E-state index >= 15 is 0 Å². The van der Waals surface area contributed by atoms with Crippen molar-refractivity contribution in [3.63, 3.8) is 0 Å². The molecule has 114 valence electrons. The highest BCUT2D eigenvalue weighted by atomic mass is 35.5. The zero-order valence-corrected chi connectivity index (χ0v) is 12.3. The van der Waals surface area contributed by atoms with Gasteiger partial charge in [-0.3, -0.25) is 15.1 Å². The number of hydrogen-bond acceptors (Lipinski definition) is 5. The number of aliphatic imine (C=N–C) groups is 1. The molecule has 0 aliphatic heterocycles. The average Bonchev–Trinajstić information content (AvgIpc) is 2.50. The third kappa shape index (κ3) is 4.20. The molecule has 7 heteroatoms. The summed E-state index contributed by atoms with van der Waals surface area (Å²) in [5.74, 6) is 0.0970. The van der Waals surface area contributed by atoms with Crippen LogP contribution in [0.1, 0.15) is 5.56 Å². The smallest absolute Gasteiger partial charge is 0.292 e. The van der Waals surface area contributed by atoms with Gasteiger partial charge in [0.2, 0.25) is 0 Å². The summed E-state index contributed by atoms with van der Waals surface area (Å²) in [6, 6.07) is 11.1. The number of halogens is 1. The van der Waals surface area contributed by atoms with Gasteiger partial charge in [0, 0.05) is 29.4 Å². The highest BCUT2D eigenvalue weighted by molar-refractivity contribution is 6.30. The van der Waals surface area contributed by atoms with Gasteiger partial charge < -0.3 is 10.4 Å². The number of nitrogens with zero attached hydrogens (tertiary/aromatic N) is 2. The van der Waals surface area contributed by atoms with Crippen LogP contribution in [0.2, 0.25) is 5.02 Å². The molecule has 2 N–H and O–H groups in total. The number of phenols is 1. The van der Waals surface area contributed by atoms with Crippen LogP contribution in [0.25, 0.3) is 0 Å². The zero-order chi connectivity index (χ0) is 15.9. The molecule has 0 spiro atoms. The van der Waals surface area contributed by atoms with Gasteiger partial charge in [-0.15, -0.1) is 0 Å². The van der Waals surface area contributed by atoms with Crippen LogP contribution in [0.5, 0.6) is 5.75 Å². The van der Waals surface area contributed by atoms with Crippen molar-refractivity contribution in [1.82, 2.24) is 0 Å². The van der Waals surface area contributed by atoms with Crippen LogP contribution in [0.15, 0.2) is 47.5 Å². The summed E-state index contributed by atoms with van der Waals surface area (Å²) in [6.07, 6.45) is 1.52. The second kappa shape index (κ2) is 7.42. The molecule has 0 fully saturated rings. The van der Waals surface area contributed by atoms with Gasteiger partial charge in [0.25, 0.3) is 5.69 Å². The molecule has 0 amide bonds. The van der Waals surface area contributed by atoms with Crippen LogP contribution in [-0.2, 0) is 0 Å². The lowest BCUT2D eigenvalue weighted by atomic mass is 10.2. The lowest BCUT2D eigenvalue weighted by Gasteiger charge is -2.05. The third-order valence-corrected chi connectivity index (χ3v) is 3.11.